The molecule has 0 aliphatic carbocycles. The molecule has 2 heteroatoms. The summed E-state index contributed by atoms with van der Waals surface area (Å²) in [5, 5.41) is 0. The van der Waals surface area contributed by atoms with Crippen LogP contribution in [0.25, 0.3) is 0 Å². The fraction of sp³-hybridized carbons (Fsp3) is 0.875. The van der Waals surface area contributed by atoms with Crippen molar-refractivity contribution in [1.29, 1.82) is 0 Å². The van der Waals surface area contributed by atoms with Crippen LogP contribution in [0.4, 0.5) is 0 Å². The van der Waals surface area contributed by atoms with Crippen LogP contribution in [0.3, 0.4) is 0 Å². The van der Waals surface area contributed by atoms with E-state index in [2.05, 4.69) is 6.92 Å². The van der Waals surface area contributed by atoms with Gasteiger partial charge in [-0.2, -0.15) is 0 Å². The summed E-state index contributed by atoms with van der Waals surface area (Å²) in [6.45, 7) is 4.26. The van der Waals surface area contributed by atoms with E-state index in [0.29, 0.717) is 0 Å². The van der Waals surface area contributed by atoms with Crippen molar-refractivity contribution in [3.8, 4) is 0 Å². The van der Waals surface area contributed by atoms with Crippen molar-refractivity contribution in [1.82, 2.24) is 0 Å². The molecule has 0 saturated heterocycles. The lowest BCUT2D eigenvalue weighted by Crippen LogP contribution is -1.85. The zero-order chi connectivity index (χ0) is 7.11. The average Bonchev–Trinajstić information content (AvgIpc) is 1.80. The zero-order valence-corrected chi connectivity index (χ0v) is 8.49. The van der Waals surface area contributed by atoms with E-state index in [1.165, 1.54) is 25.7 Å². The number of halogens is 1. The molecule has 0 bridgehead atoms. The first-order chi connectivity index (χ1) is 4.27. The number of rotatable bonds is 5. The first-order valence-electron chi connectivity index (χ1n) is 3.76. The van der Waals surface area contributed by atoms with Crippen molar-refractivity contribution < 1.29 is 0 Å². The van der Waals surface area contributed by atoms with Crippen molar-refractivity contribution in [2.45, 2.75) is 46.0 Å². The molecule has 0 amide bonds. The summed E-state index contributed by atoms with van der Waals surface area (Å²) < 4.78 is 0. The minimum absolute atomic E-state index is 0. The molecule has 0 radical (unpaired) electrons. The monoisotopic (exact) mass is 180 g/mol. The van der Waals surface area contributed by atoms with Crippen LogP contribution in [0.15, 0.2) is 0 Å². The lowest BCUT2D eigenvalue weighted by atomic mass is 10.1. The maximum Gasteiger partial charge on any atom is -0.0102 e. The van der Waals surface area contributed by atoms with Gasteiger partial charge < -0.3 is 0 Å². The van der Waals surface area contributed by atoms with Gasteiger partial charge in [-0.1, -0.05) is 38.4 Å². The van der Waals surface area contributed by atoms with Crippen molar-refractivity contribution in [2.75, 3.05) is 0 Å². The lowest BCUT2D eigenvalue weighted by Gasteiger charge is -1.95. The Morgan fingerprint density at radius 1 is 1.20 bits per heavy atom. The van der Waals surface area contributed by atoms with Crippen LogP contribution in [0, 0.1) is 0 Å². The molecule has 0 aliphatic rings. The second kappa shape index (κ2) is 9.38. The summed E-state index contributed by atoms with van der Waals surface area (Å²) in [5.41, 5.74) is 0. The second-order valence-electron chi connectivity index (χ2n) is 2.51. The van der Waals surface area contributed by atoms with E-state index in [9.17, 15) is 0 Å². The molecule has 0 unspecified atom stereocenters. The minimum Gasteiger partial charge on any atom is -0.147 e. The van der Waals surface area contributed by atoms with Gasteiger partial charge in [-0.3, -0.25) is 0 Å². The molecule has 0 rings (SSSR count). The van der Waals surface area contributed by atoms with Gasteiger partial charge in [-0.15, -0.1) is 12.4 Å². The average molecular weight is 181 g/mol. The van der Waals surface area contributed by atoms with Crippen LogP contribution in [-0.4, -0.2) is 4.86 Å². The third-order valence-corrected chi connectivity index (χ3v) is 1.59. The molecule has 0 nitrogen and oxygen atoms in total. The highest BCUT2D eigenvalue weighted by atomic mass is 35.5. The molecule has 0 spiro atoms. The van der Waals surface area contributed by atoms with Gasteiger partial charge >= 0.3 is 0 Å². The van der Waals surface area contributed by atoms with E-state index < -0.39 is 0 Å². The molecule has 0 fully saturated rings. The molecule has 0 saturated carbocycles. The Balaban J connectivity index is 0. The maximum absolute atomic E-state index is 4.95. The molecular weight excluding hydrogens is 164 g/mol. The van der Waals surface area contributed by atoms with E-state index in [0.717, 1.165) is 11.3 Å². The van der Waals surface area contributed by atoms with Gasteiger partial charge in [0.15, 0.2) is 0 Å². The van der Waals surface area contributed by atoms with Gasteiger partial charge in [0.2, 0.25) is 0 Å². The molecule has 10 heavy (non-hydrogen) atoms. The molecule has 0 aromatic rings. The molecule has 0 N–H and O–H groups in total. The predicted octanol–water partition coefficient (Wildman–Crippen LogP) is 3.77. The van der Waals surface area contributed by atoms with Gasteiger partial charge in [0, 0.05) is 0 Å². The maximum atomic E-state index is 4.95. The summed E-state index contributed by atoms with van der Waals surface area (Å²) in [5.74, 6) is 0. The Morgan fingerprint density at radius 2 is 1.80 bits per heavy atom. The van der Waals surface area contributed by atoms with Crippen molar-refractivity contribution in [3.05, 3.63) is 0 Å². The highest BCUT2D eigenvalue weighted by molar-refractivity contribution is 7.80. The smallest absolute Gasteiger partial charge is 0.0102 e. The summed E-state index contributed by atoms with van der Waals surface area (Å²) in [6.07, 6.45) is 6.47. The van der Waals surface area contributed by atoms with Crippen molar-refractivity contribution in [2.24, 2.45) is 0 Å². The summed E-state index contributed by atoms with van der Waals surface area (Å²) in [4.78, 5) is 1.16. The normalized spacial score (nSPS) is 8.60. The summed E-state index contributed by atoms with van der Waals surface area (Å²) in [6, 6.07) is 0. The van der Waals surface area contributed by atoms with Gasteiger partial charge in [0.1, 0.15) is 0 Å². The summed E-state index contributed by atoms with van der Waals surface area (Å²) in [7, 11) is 0. The van der Waals surface area contributed by atoms with E-state index in [4.69, 9.17) is 12.2 Å². The van der Waals surface area contributed by atoms with Crippen LogP contribution in [0.1, 0.15) is 46.0 Å². The van der Waals surface area contributed by atoms with Gasteiger partial charge in [-0.25, -0.2) is 0 Å². The largest absolute Gasteiger partial charge is 0.147 e. The Bertz CT molecular complexity index is 81.3. The molecule has 0 heterocycles. The fourth-order valence-corrected chi connectivity index (χ4v) is 0.945. The highest BCUT2D eigenvalue weighted by Crippen LogP contribution is 2.02. The number of hydrogen-bond donors (Lipinski definition) is 0. The van der Waals surface area contributed by atoms with E-state index >= 15 is 0 Å². The molecule has 0 aromatic carbocycles. The third-order valence-electron chi connectivity index (χ3n) is 1.38. The van der Waals surface area contributed by atoms with Gasteiger partial charge in [0.05, 0.1) is 0 Å². The summed E-state index contributed by atoms with van der Waals surface area (Å²) >= 11 is 4.95. The van der Waals surface area contributed by atoms with Crippen LogP contribution >= 0.6 is 24.6 Å². The van der Waals surface area contributed by atoms with Gasteiger partial charge in [0.25, 0.3) is 0 Å². The Morgan fingerprint density at radius 3 is 2.20 bits per heavy atom. The fourth-order valence-electron chi connectivity index (χ4n) is 0.801. The molecule has 0 aromatic heterocycles. The minimum atomic E-state index is 0. The number of hydrogen-bond acceptors (Lipinski definition) is 1. The first kappa shape index (κ1) is 13.0. The van der Waals surface area contributed by atoms with E-state index in [-0.39, 0.29) is 12.4 Å². The lowest BCUT2D eigenvalue weighted by molar-refractivity contribution is 0.684. The van der Waals surface area contributed by atoms with Crippen LogP contribution < -0.4 is 0 Å². The Kier molecular flexibility index (Phi) is 12.2. The quantitative estimate of drug-likeness (QED) is 0.459. The van der Waals surface area contributed by atoms with Crippen LogP contribution in [0.2, 0.25) is 0 Å². The van der Waals surface area contributed by atoms with Crippen molar-refractivity contribution in [3.63, 3.8) is 0 Å². The molecule has 0 atom stereocenters. The van der Waals surface area contributed by atoms with Crippen LogP contribution in [-0.2, 0) is 0 Å². The molecule has 62 valence electrons. The first-order valence-corrected chi connectivity index (χ1v) is 4.17. The van der Waals surface area contributed by atoms with E-state index in [1.54, 1.807) is 0 Å². The molecular formula is C8H17ClS. The SMILES string of the molecule is CCCCCCC(C)=S.Cl. The highest BCUT2D eigenvalue weighted by Gasteiger charge is 1.88. The van der Waals surface area contributed by atoms with E-state index in [1.807, 2.05) is 6.92 Å². The van der Waals surface area contributed by atoms with Crippen molar-refractivity contribution >= 4 is 29.5 Å². The second-order valence-corrected chi connectivity index (χ2v) is 3.21. The Hall–Kier alpha value is 0.380. The topological polar surface area (TPSA) is 0 Å². The van der Waals surface area contributed by atoms with Crippen LogP contribution in [0.5, 0.6) is 0 Å². The number of unbranched alkanes of at least 4 members (excludes halogenated alkanes) is 3. The Labute approximate surface area is 75.8 Å². The zero-order valence-electron chi connectivity index (χ0n) is 6.85. The molecule has 0 aliphatic heterocycles. The number of thiocarbonyl (C=S) groups is 1. The predicted molar refractivity (Wildman–Crippen MR) is 54.3 cm³/mol. The van der Waals surface area contributed by atoms with Gasteiger partial charge in [-0.05, 0) is 24.6 Å². The standard InChI is InChI=1S/C8H16S.ClH/c1-3-4-5-6-7-8(2)9;/h3-7H2,1-2H3;1H. The third kappa shape index (κ3) is 11.2.